The Bertz CT molecular complexity index is 442. The van der Waals surface area contributed by atoms with Gasteiger partial charge in [0.15, 0.2) is 0 Å². The number of carbonyl (C=O) groups excluding carboxylic acids is 2. The zero-order chi connectivity index (χ0) is 15.5. The highest BCUT2D eigenvalue weighted by Gasteiger charge is 2.17. The highest BCUT2D eigenvalue weighted by molar-refractivity contribution is 6.11. The smallest absolute Gasteiger partial charge is 0.329 e. The molecule has 0 saturated carbocycles. The summed E-state index contributed by atoms with van der Waals surface area (Å²) < 4.78 is 0. The van der Waals surface area contributed by atoms with Crippen molar-refractivity contribution in [3.8, 4) is 0 Å². The number of rotatable bonds is 8. The maximum absolute atomic E-state index is 12.0. The predicted octanol–water partition coefficient (Wildman–Crippen LogP) is -0.411. The molecule has 0 spiro atoms. The summed E-state index contributed by atoms with van der Waals surface area (Å²) in [6.45, 7) is 3.07. The molecule has 4 N–H and O–H groups in total. The van der Waals surface area contributed by atoms with Crippen molar-refractivity contribution in [2.24, 2.45) is 0 Å². The first-order chi connectivity index (χ1) is 10.2. The van der Waals surface area contributed by atoms with Crippen molar-refractivity contribution in [2.75, 3.05) is 13.1 Å². The fraction of sp³-hybridized carbons (Fsp3) is 0.429. The summed E-state index contributed by atoms with van der Waals surface area (Å²) in [5, 5.41) is 6.20. The van der Waals surface area contributed by atoms with E-state index >= 15 is 0 Å². The van der Waals surface area contributed by atoms with Crippen LogP contribution in [-0.2, 0) is 11.2 Å². The molecule has 0 saturated heterocycles. The van der Waals surface area contributed by atoms with Crippen molar-refractivity contribution in [1.82, 2.24) is 21.5 Å². The molecule has 21 heavy (non-hydrogen) atoms. The molecule has 1 aromatic carbocycles. The number of benzene rings is 1. The number of nitrogens with one attached hydrogen (secondary N) is 4. The molecule has 0 fully saturated rings. The number of carbonyl (C=O) groups is 2. The first-order valence-corrected chi connectivity index (χ1v) is 8.69. The van der Waals surface area contributed by atoms with Gasteiger partial charge >= 0.3 is 6.03 Å². The predicted molar refractivity (Wildman–Crippen MR) is 85.6 cm³/mol. The number of hydrogen-bond acceptors (Lipinski definition) is 3. The Morgan fingerprint density at radius 3 is 2.57 bits per heavy atom. The van der Waals surface area contributed by atoms with Gasteiger partial charge in [-0.15, -0.1) is 0 Å². The van der Waals surface area contributed by atoms with E-state index in [0.717, 1.165) is 22.7 Å². The van der Waals surface area contributed by atoms with E-state index in [1.54, 1.807) is 0 Å². The van der Waals surface area contributed by atoms with E-state index in [0.29, 0.717) is 18.4 Å². The van der Waals surface area contributed by atoms with Gasteiger partial charge in [-0.25, -0.2) is 10.2 Å². The molecule has 1 rings (SSSR count). The van der Waals surface area contributed by atoms with E-state index in [1.165, 1.54) is 5.56 Å². The van der Waals surface area contributed by atoms with Crippen LogP contribution in [0.5, 0.6) is 0 Å². The van der Waals surface area contributed by atoms with Gasteiger partial charge in [0.2, 0.25) is 22.2 Å². The second kappa shape index (κ2) is 10.2. The van der Waals surface area contributed by atoms with Gasteiger partial charge in [-0.1, -0.05) is 42.5 Å². The van der Waals surface area contributed by atoms with E-state index in [1.807, 2.05) is 37.3 Å². The van der Waals surface area contributed by atoms with Gasteiger partial charge < -0.3 is 10.6 Å². The lowest BCUT2D eigenvalue weighted by molar-refractivity contribution is -0.122. The first-order valence-electron chi connectivity index (χ1n) is 7.28. The highest BCUT2D eigenvalue weighted by atomic mass is 27.0. The fourth-order valence-electron chi connectivity index (χ4n) is 1.81. The van der Waals surface area contributed by atoms with Crippen LogP contribution < -0.4 is 21.5 Å². The SMILES string of the molecule is CCNNC(=O)NC([CH2][AlH2])C(=O)NCCc1ccccc1. The van der Waals surface area contributed by atoms with Crippen molar-refractivity contribution in [1.29, 1.82) is 0 Å². The average Bonchev–Trinajstić information content (AvgIpc) is 2.51. The van der Waals surface area contributed by atoms with Crippen LogP contribution >= 0.6 is 0 Å². The number of urea groups is 1. The minimum atomic E-state index is -0.467. The summed E-state index contributed by atoms with van der Waals surface area (Å²) in [6.07, 6.45) is 0.782. The number of amides is 3. The van der Waals surface area contributed by atoms with Crippen LogP contribution in [-0.4, -0.2) is 47.4 Å². The van der Waals surface area contributed by atoms with Crippen molar-refractivity contribution < 1.29 is 9.59 Å². The molecular weight excluding hydrogens is 283 g/mol. The lowest BCUT2D eigenvalue weighted by Crippen LogP contribution is -2.52. The molecule has 1 aromatic rings. The largest absolute Gasteiger partial charge is 0.354 e. The molecule has 0 aromatic heterocycles. The standard InChI is InChI=1S/C14H21N4O2.Al.2H/c1-3-16-18-14(20)17-11(2)13(19)15-10-9-12-7-5-4-6-8-12;;;/h4-8,11,16H,2-3,9-10H2,1H3,(H,15,19)(H2,17,18,20);;;. The third-order valence-electron chi connectivity index (χ3n) is 2.96. The molecule has 0 bridgehead atoms. The van der Waals surface area contributed by atoms with Gasteiger partial charge in [0.1, 0.15) is 0 Å². The maximum Gasteiger partial charge on any atom is 0.329 e. The molecule has 0 radical (unpaired) electrons. The quantitative estimate of drug-likeness (QED) is 0.389. The van der Waals surface area contributed by atoms with Gasteiger partial charge in [-0.05, 0) is 12.0 Å². The summed E-state index contributed by atoms with van der Waals surface area (Å²) >= 11 is 0.841. The minimum Gasteiger partial charge on any atom is -0.354 e. The lowest BCUT2D eigenvalue weighted by Gasteiger charge is -2.17. The second-order valence-corrected chi connectivity index (χ2v) is 5.43. The minimum absolute atomic E-state index is 0.132. The van der Waals surface area contributed by atoms with Crippen LogP contribution in [0.15, 0.2) is 30.3 Å². The molecule has 7 heteroatoms. The highest BCUT2D eigenvalue weighted by Crippen LogP contribution is 1.98. The maximum atomic E-state index is 12.0. The Balaban J connectivity index is 2.32. The summed E-state index contributed by atoms with van der Waals surface area (Å²) in [7, 11) is 0. The normalized spacial score (nSPS) is 11.5. The molecule has 0 aliphatic rings. The van der Waals surface area contributed by atoms with Crippen LogP contribution in [0.3, 0.4) is 0 Å². The Morgan fingerprint density at radius 1 is 1.24 bits per heavy atom. The van der Waals surface area contributed by atoms with Crippen molar-refractivity contribution >= 4 is 28.2 Å². The van der Waals surface area contributed by atoms with Gasteiger partial charge in [0.25, 0.3) is 0 Å². The number of hydrogen-bond donors (Lipinski definition) is 4. The van der Waals surface area contributed by atoms with Crippen LogP contribution in [0, 0.1) is 0 Å². The Hall–Kier alpha value is -1.55. The molecule has 114 valence electrons. The summed E-state index contributed by atoms with van der Waals surface area (Å²) in [6, 6.07) is 9.12. The van der Waals surface area contributed by atoms with Crippen LogP contribution in [0.1, 0.15) is 12.5 Å². The second-order valence-electron chi connectivity index (χ2n) is 4.62. The number of hydrazine groups is 1. The van der Waals surface area contributed by atoms with Crippen molar-refractivity contribution in [3.63, 3.8) is 0 Å². The first kappa shape index (κ1) is 17.5. The Labute approximate surface area is 133 Å². The molecule has 3 amide bonds. The summed E-state index contributed by atoms with van der Waals surface area (Å²) in [4.78, 5) is 23.5. The van der Waals surface area contributed by atoms with Crippen molar-refractivity contribution in [2.45, 2.75) is 24.7 Å². The zero-order valence-electron chi connectivity index (χ0n) is 12.6. The van der Waals surface area contributed by atoms with Crippen LogP contribution in [0.25, 0.3) is 0 Å². The van der Waals surface area contributed by atoms with Crippen molar-refractivity contribution in [3.05, 3.63) is 35.9 Å². The molecule has 1 unspecified atom stereocenters. The Morgan fingerprint density at radius 2 is 1.95 bits per heavy atom. The third kappa shape index (κ3) is 7.14. The van der Waals surface area contributed by atoms with E-state index < -0.39 is 6.04 Å². The van der Waals surface area contributed by atoms with Crippen LogP contribution in [0.2, 0.25) is 5.28 Å². The van der Waals surface area contributed by atoms with Crippen LogP contribution in [0.4, 0.5) is 4.79 Å². The monoisotopic (exact) mass is 306 g/mol. The molecule has 0 aliphatic carbocycles. The van der Waals surface area contributed by atoms with E-state index in [-0.39, 0.29) is 11.9 Å². The van der Waals surface area contributed by atoms with E-state index in [4.69, 9.17) is 0 Å². The van der Waals surface area contributed by atoms with Gasteiger partial charge in [-0.2, -0.15) is 0 Å². The zero-order valence-corrected chi connectivity index (χ0v) is 14.6. The molecule has 0 heterocycles. The van der Waals surface area contributed by atoms with Gasteiger partial charge in [-0.3, -0.25) is 10.2 Å². The Kier molecular flexibility index (Phi) is 8.52. The summed E-state index contributed by atoms with van der Waals surface area (Å²) in [5.74, 6) is -0.132. The fourth-order valence-corrected chi connectivity index (χ4v) is 2.39. The molecule has 6 nitrogen and oxygen atoms in total. The average molecular weight is 306 g/mol. The summed E-state index contributed by atoms with van der Waals surface area (Å²) in [5.41, 5.74) is 6.35. The van der Waals surface area contributed by atoms with Gasteiger partial charge in [0.05, 0.1) is 6.04 Å². The third-order valence-corrected chi connectivity index (χ3v) is 3.78. The lowest BCUT2D eigenvalue weighted by atomic mass is 10.1. The van der Waals surface area contributed by atoms with E-state index in [2.05, 4.69) is 21.5 Å². The molecule has 0 aliphatic heterocycles. The molecule has 1 atom stereocenters. The topological polar surface area (TPSA) is 82.3 Å². The molecular formula is C14H23AlN4O2. The van der Waals surface area contributed by atoms with E-state index in [9.17, 15) is 9.59 Å². The van der Waals surface area contributed by atoms with Gasteiger partial charge in [0, 0.05) is 13.1 Å².